The van der Waals surface area contributed by atoms with Gasteiger partial charge in [-0.25, -0.2) is 0 Å². The van der Waals surface area contributed by atoms with Gasteiger partial charge in [0, 0.05) is 38.8 Å². The van der Waals surface area contributed by atoms with Crippen molar-refractivity contribution in [3.8, 4) is 0 Å². The second kappa shape index (κ2) is 5.54. The molecule has 2 rings (SSSR count). The molecule has 2 aromatic heterocycles. The van der Waals surface area contributed by atoms with Crippen molar-refractivity contribution in [1.29, 1.82) is 0 Å². The van der Waals surface area contributed by atoms with Crippen LogP contribution in [0, 0.1) is 13.8 Å². The summed E-state index contributed by atoms with van der Waals surface area (Å²) in [6.45, 7) is 5.47. The molecule has 0 unspecified atom stereocenters. The quantitative estimate of drug-likeness (QED) is 0.790. The number of aromatic nitrogens is 3. The first-order valence-electron chi connectivity index (χ1n) is 5.64. The number of nitrogens with one attached hydrogen (secondary N) is 1. The van der Waals surface area contributed by atoms with Gasteiger partial charge in [0.1, 0.15) is 0 Å². The van der Waals surface area contributed by atoms with Gasteiger partial charge in [-0.15, -0.1) is 0 Å². The van der Waals surface area contributed by atoms with Crippen molar-refractivity contribution >= 4 is 0 Å². The highest BCUT2D eigenvalue weighted by atomic mass is 16.5. The Hall–Kier alpha value is -1.75. The van der Waals surface area contributed by atoms with Crippen LogP contribution in [0.2, 0.25) is 0 Å². The number of hydrogen-bond acceptors (Lipinski definition) is 5. The van der Waals surface area contributed by atoms with Crippen LogP contribution >= 0.6 is 0 Å². The largest absolute Gasteiger partial charge is 0.340 e. The highest BCUT2D eigenvalue weighted by Crippen LogP contribution is 2.00. The summed E-state index contributed by atoms with van der Waals surface area (Å²) in [5.41, 5.74) is 2.37. The topological polar surface area (TPSA) is 63.8 Å². The molecule has 0 aliphatic heterocycles. The van der Waals surface area contributed by atoms with Gasteiger partial charge in [-0.1, -0.05) is 11.2 Å². The van der Waals surface area contributed by atoms with E-state index in [-0.39, 0.29) is 0 Å². The maximum absolute atomic E-state index is 4.90. The van der Waals surface area contributed by atoms with Gasteiger partial charge in [0.2, 0.25) is 5.89 Å². The first-order chi connectivity index (χ1) is 8.24. The van der Waals surface area contributed by atoms with Crippen LogP contribution in [0.25, 0.3) is 0 Å². The predicted octanol–water partition coefficient (Wildman–Crippen LogP) is 1.41. The SMILES string of the molecule is Cc1cncc(CNCCc2noc(C)n2)c1. The average molecular weight is 232 g/mol. The van der Waals surface area contributed by atoms with Gasteiger partial charge >= 0.3 is 0 Å². The summed E-state index contributed by atoms with van der Waals surface area (Å²) in [5, 5.41) is 7.16. The van der Waals surface area contributed by atoms with E-state index in [1.807, 2.05) is 19.3 Å². The highest BCUT2D eigenvalue weighted by molar-refractivity contribution is 5.16. The van der Waals surface area contributed by atoms with Crippen molar-refractivity contribution < 1.29 is 4.52 Å². The summed E-state index contributed by atoms with van der Waals surface area (Å²) < 4.78 is 4.90. The third kappa shape index (κ3) is 3.64. The molecule has 0 saturated heterocycles. The zero-order valence-corrected chi connectivity index (χ0v) is 10.1. The van der Waals surface area contributed by atoms with E-state index in [1.165, 1.54) is 11.1 Å². The van der Waals surface area contributed by atoms with Crippen LogP contribution in [-0.2, 0) is 13.0 Å². The van der Waals surface area contributed by atoms with E-state index in [2.05, 4.69) is 26.5 Å². The monoisotopic (exact) mass is 232 g/mol. The summed E-state index contributed by atoms with van der Waals surface area (Å²) in [4.78, 5) is 8.28. The minimum absolute atomic E-state index is 0.614. The number of hydrogen-bond donors (Lipinski definition) is 1. The Kier molecular flexibility index (Phi) is 3.82. The van der Waals surface area contributed by atoms with Gasteiger partial charge in [0.15, 0.2) is 5.82 Å². The Bertz CT molecular complexity index is 481. The van der Waals surface area contributed by atoms with Crippen molar-refractivity contribution in [3.63, 3.8) is 0 Å². The van der Waals surface area contributed by atoms with E-state index in [0.717, 1.165) is 25.3 Å². The number of nitrogens with zero attached hydrogens (tertiary/aromatic N) is 3. The number of aryl methyl sites for hydroxylation is 2. The van der Waals surface area contributed by atoms with E-state index in [1.54, 1.807) is 6.92 Å². The average Bonchev–Trinajstić information content (AvgIpc) is 2.71. The lowest BCUT2D eigenvalue weighted by Gasteiger charge is -2.03. The molecule has 0 radical (unpaired) electrons. The van der Waals surface area contributed by atoms with Crippen LogP contribution < -0.4 is 5.32 Å². The van der Waals surface area contributed by atoms with E-state index >= 15 is 0 Å². The Morgan fingerprint density at radius 3 is 2.88 bits per heavy atom. The Balaban J connectivity index is 1.73. The third-order valence-corrected chi connectivity index (χ3v) is 2.36. The van der Waals surface area contributed by atoms with E-state index in [9.17, 15) is 0 Å². The van der Waals surface area contributed by atoms with Crippen LogP contribution in [0.1, 0.15) is 22.8 Å². The minimum atomic E-state index is 0.614. The highest BCUT2D eigenvalue weighted by Gasteiger charge is 2.01. The van der Waals surface area contributed by atoms with Gasteiger partial charge < -0.3 is 9.84 Å². The number of rotatable bonds is 5. The minimum Gasteiger partial charge on any atom is -0.340 e. The molecule has 2 aromatic rings. The molecule has 0 fully saturated rings. The second-order valence-corrected chi connectivity index (χ2v) is 4.03. The van der Waals surface area contributed by atoms with E-state index < -0.39 is 0 Å². The zero-order chi connectivity index (χ0) is 12.1. The van der Waals surface area contributed by atoms with E-state index in [0.29, 0.717) is 5.89 Å². The molecule has 0 spiro atoms. The third-order valence-electron chi connectivity index (χ3n) is 2.36. The molecule has 5 nitrogen and oxygen atoms in total. The molecule has 0 aliphatic carbocycles. The summed E-state index contributed by atoms with van der Waals surface area (Å²) >= 11 is 0. The standard InChI is InChI=1S/C12H16N4O/c1-9-5-11(8-14-6-9)7-13-4-3-12-15-10(2)17-16-12/h5-6,8,13H,3-4,7H2,1-2H3. The van der Waals surface area contributed by atoms with Crippen molar-refractivity contribution in [2.45, 2.75) is 26.8 Å². The molecule has 0 aromatic carbocycles. The molecule has 0 bridgehead atoms. The second-order valence-electron chi connectivity index (χ2n) is 4.03. The van der Waals surface area contributed by atoms with Gasteiger partial charge in [0.05, 0.1) is 0 Å². The maximum Gasteiger partial charge on any atom is 0.223 e. The first-order valence-corrected chi connectivity index (χ1v) is 5.64. The van der Waals surface area contributed by atoms with Crippen molar-refractivity contribution in [1.82, 2.24) is 20.4 Å². The fraction of sp³-hybridized carbons (Fsp3) is 0.417. The molecule has 5 heteroatoms. The normalized spacial score (nSPS) is 10.7. The molecule has 1 N–H and O–H groups in total. The lowest BCUT2D eigenvalue weighted by molar-refractivity contribution is 0.387. The smallest absolute Gasteiger partial charge is 0.223 e. The van der Waals surface area contributed by atoms with Crippen LogP contribution in [0.5, 0.6) is 0 Å². The van der Waals surface area contributed by atoms with Gasteiger partial charge in [-0.2, -0.15) is 4.98 Å². The van der Waals surface area contributed by atoms with Crippen LogP contribution in [0.15, 0.2) is 23.0 Å². The van der Waals surface area contributed by atoms with Crippen LogP contribution in [0.4, 0.5) is 0 Å². The fourth-order valence-electron chi connectivity index (χ4n) is 1.59. The molecule has 2 heterocycles. The van der Waals surface area contributed by atoms with Gasteiger partial charge in [0.25, 0.3) is 0 Å². The Morgan fingerprint density at radius 2 is 2.18 bits per heavy atom. The zero-order valence-electron chi connectivity index (χ0n) is 10.1. The summed E-state index contributed by atoms with van der Waals surface area (Å²) in [5.74, 6) is 1.36. The lowest BCUT2D eigenvalue weighted by atomic mass is 10.2. The van der Waals surface area contributed by atoms with Gasteiger partial charge in [-0.3, -0.25) is 4.98 Å². The van der Waals surface area contributed by atoms with Gasteiger partial charge in [-0.05, 0) is 18.1 Å². The summed E-state index contributed by atoms with van der Waals surface area (Å²) in [6, 6.07) is 2.12. The summed E-state index contributed by atoms with van der Waals surface area (Å²) in [6.07, 6.45) is 4.50. The van der Waals surface area contributed by atoms with Crippen molar-refractivity contribution in [2.24, 2.45) is 0 Å². The molecule has 0 amide bonds. The predicted molar refractivity (Wildman–Crippen MR) is 63.4 cm³/mol. The van der Waals surface area contributed by atoms with E-state index in [4.69, 9.17) is 4.52 Å². The molecule has 17 heavy (non-hydrogen) atoms. The van der Waals surface area contributed by atoms with Crippen LogP contribution in [0.3, 0.4) is 0 Å². The lowest BCUT2D eigenvalue weighted by Crippen LogP contribution is -2.17. The van der Waals surface area contributed by atoms with Crippen LogP contribution in [-0.4, -0.2) is 21.7 Å². The molecular formula is C12H16N4O. The molecule has 0 saturated carbocycles. The molecular weight excluding hydrogens is 216 g/mol. The Labute approximate surface area is 100 Å². The Morgan fingerprint density at radius 1 is 1.29 bits per heavy atom. The molecule has 90 valence electrons. The first kappa shape index (κ1) is 11.7. The number of pyridine rings is 1. The van der Waals surface area contributed by atoms with Crippen molar-refractivity contribution in [2.75, 3.05) is 6.54 Å². The summed E-state index contributed by atoms with van der Waals surface area (Å²) in [7, 11) is 0. The fourth-order valence-corrected chi connectivity index (χ4v) is 1.59. The molecule has 0 aliphatic rings. The van der Waals surface area contributed by atoms with Crippen molar-refractivity contribution in [3.05, 3.63) is 41.3 Å². The molecule has 0 atom stereocenters. The maximum atomic E-state index is 4.90.